The highest BCUT2D eigenvalue weighted by Crippen LogP contribution is 2.40. The summed E-state index contributed by atoms with van der Waals surface area (Å²) in [5, 5.41) is 17.5. The van der Waals surface area contributed by atoms with Gasteiger partial charge in [-0.25, -0.2) is 4.98 Å². The first-order valence-electron chi connectivity index (χ1n) is 53.6. The number of benzene rings is 9. The SMILES string of the molecule is CC(C)(C)C1=NCc2ccccc21.CC(C)(C)C1=Nc2ccccc2C1.CC(C)(C)C1CCc2ccccc2C1.CC(C)(C)C1Cc2ccccc2CN1.CC(C)(C)N1CCc2cccnc2C1.CC(C)(C)c1[nH]nc2ccccc12.CC(C)(C)c1c[nH]c2ccccc12.CC(C)(C)c1cc2ccccc2[nH]1.CC(C)(C)n1cc2ccccc2c1.CC(C)(C)n1cnc2ccccc21.CC(C)N1CCc2ncccc2C1. The fourth-order valence-corrected chi connectivity index (χ4v) is 19.3. The number of hydrogen-bond donors (Lipinski definition) is 4. The maximum absolute atomic E-state index is 4.64. The van der Waals surface area contributed by atoms with Gasteiger partial charge in [0.15, 0.2) is 0 Å². The van der Waals surface area contributed by atoms with Crippen molar-refractivity contribution >= 4 is 71.6 Å². The van der Waals surface area contributed by atoms with Gasteiger partial charge >= 0.3 is 0 Å². The van der Waals surface area contributed by atoms with Gasteiger partial charge in [0, 0.05) is 183 Å². The molecule has 9 aromatic carbocycles. The van der Waals surface area contributed by atoms with Gasteiger partial charge in [0.25, 0.3) is 0 Å². The van der Waals surface area contributed by atoms with E-state index in [2.05, 4.69) is 504 Å². The number of aryl methyl sites for hydroxylation is 1. The standard InChI is InChI=1S/C14H20.C13H19N.C12H18N2.5C12H15N.2C11H14N2.C11H16N2/c1-14(2,3)13-9-8-11-6-4-5-7-12(11)10-13;1-13(2,3)12-8-10-6-4-5-7-11(10)9-14-12;1-12(2,3)14-8-6-10-5-4-7-13-11(10)9-14;1-12(2,3)13-8-10-6-4-5-7-11(10)9-13;1-12(2,3)10-8-13-11-7-5-4-6-9(10)11;1-12(2,3)11-10-7-5-4-6-9(10)8-13-11;2*1-12(2,3)11-8-9-6-4-5-7-10(9)13-11;1-11(2,3)13-8-12-9-6-4-5-7-10(9)13;1-11(2,3)10-8-6-4-5-7-9(8)12-13-10;1-9(2)13-7-5-11-10(8-13)4-3-6-12-11/h4-7,13H,8-10H2,1-3H3;4-7,12,14H,8-9H2,1-3H3;4-5,7H,6,8-9H2,1-3H3;4-9H,1-3H3;4-8,13H,1-3H3;2*4-7H,8H2,1-3H3;4-8,13H,1-3H3;4-8H,1-3H3;4-7H,1-3H3,(H,12,13);3-4,6,9H,5,7-8H2,1-2H3. The van der Waals surface area contributed by atoms with Gasteiger partial charge in [-0.3, -0.25) is 34.9 Å². The van der Waals surface area contributed by atoms with Crippen LogP contribution in [0.5, 0.6) is 0 Å². The normalized spacial score (nSPS) is 15.7. The van der Waals surface area contributed by atoms with Gasteiger partial charge in [-0.05, 0) is 251 Å². The van der Waals surface area contributed by atoms with E-state index in [0.717, 1.165) is 81.2 Å². The summed E-state index contributed by atoms with van der Waals surface area (Å²) in [5.74, 6) is 0.859. The molecule has 0 spiro atoms. The van der Waals surface area contributed by atoms with Crippen LogP contribution in [0.25, 0.3) is 54.5 Å². The van der Waals surface area contributed by atoms with Gasteiger partial charge in [0.05, 0.1) is 40.8 Å². The van der Waals surface area contributed by atoms with E-state index < -0.39 is 0 Å². The number of imidazole rings is 1. The molecular weight excluding hydrogens is 1780 g/mol. The fourth-order valence-electron chi connectivity index (χ4n) is 19.3. The van der Waals surface area contributed by atoms with Crippen molar-refractivity contribution in [2.45, 2.75) is 338 Å². The van der Waals surface area contributed by atoms with Crippen molar-refractivity contribution in [1.29, 1.82) is 0 Å². The second kappa shape index (κ2) is 47.9. The van der Waals surface area contributed by atoms with Gasteiger partial charge in [-0.2, -0.15) is 5.10 Å². The Morgan fingerprint density at radius 1 is 0.404 bits per heavy atom. The highest BCUT2D eigenvalue weighted by molar-refractivity contribution is 6.07. The van der Waals surface area contributed by atoms with Crippen LogP contribution in [0, 0.1) is 27.6 Å². The Hall–Kier alpha value is -11.9. The Kier molecular flexibility index (Phi) is 37.0. The summed E-state index contributed by atoms with van der Waals surface area (Å²) >= 11 is 0. The van der Waals surface area contributed by atoms with Crippen LogP contribution >= 0.6 is 0 Å². The molecule has 0 radical (unpaired) electrons. The first-order chi connectivity index (χ1) is 68.6. The second-order valence-electron chi connectivity index (χ2n) is 51.0. The Labute approximate surface area is 878 Å². The molecule has 1 aliphatic carbocycles. The molecule has 7 aromatic heterocycles. The summed E-state index contributed by atoms with van der Waals surface area (Å²) in [6, 6.07) is 88.2. The lowest BCUT2D eigenvalue weighted by molar-refractivity contribution is 0.118. The van der Waals surface area contributed by atoms with Crippen LogP contribution < -0.4 is 5.32 Å². The maximum Gasteiger partial charge on any atom is 0.0963 e. The van der Waals surface area contributed by atoms with Crippen molar-refractivity contribution in [1.82, 2.24) is 59.4 Å². The molecule has 5 aliphatic heterocycles. The van der Waals surface area contributed by atoms with E-state index in [1.807, 2.05) is 73.3 Å². The number of fused-ring (bicyclic) bond motifs is 11. The van der Waals surface area contributed by atoms with Gasteiger partial charge in [0.1, 0.15) is 0 Å². The van der Waals surface area contributed by atoms with Crippen LogP contribution in [-0.2, 0) is 92.0 Å². The van der Waals surface area contributed by atoms with E-state index in [-0.39, 0.29) is 43.7 Å². The summed E-state index contributed by atoms with van der Waals surface area (Å²) in [7, 11) is 0. The van der Waals surface area contributed by atoms with Crippen molar-refractivity contribution < 1.29 is 0 Å². The lowest BCUT2D eigenvalue weighted by atomic mass is 9.71. The number of H-pyrrole nitrogens is 3. The number of aromatic nitrogens is 9. The zero-order chi connectivity index (χ0) is 106. The van der Waals surface area contributed by atoms with Crippen LogP contribution in [-0.4, -0.2) is 96.2 Å². The van der Waals surface area contributed by atoms with E-state index in [1.54, 1.807) is 11.1 Å². The van der Waals surface area contributed by atoms with Gasteiger partial charge < -0.3 is 24.4 Å². The topological polar surface area (TPSA) is 152 Å². The van der Waals surface area contributed by atoms with E-state index >= 15 is 0 Å². The largest absolute Gasteiger partial charge is 0.361 e. The van der Waals surface area contributed by atoms with Crippen LogP contribution in [0.15, 0.2) is 296 Å². The molecule has 146 heavy (non-hydrogen) atoms. The van der Waals surface area contributed by atoms with Crippen molar-refractivity contribution in [2.24, 2.45) is 37.6 Å². The molecule has 12 heterocycles. The molecule has 2 atom stereocenters. The predicted molar refractivity (Wildman–Crippen MR) is 627 cm³/mol. The Balaban J connectivity index is 0.000000143. The van der Waals surface area contributed by atoms with Crippen molar-refractivity contribution in [3.8, 4) is 0 Å². The summed E-state index contributed by atoms with van der Waals surface area (Å²) in [6.07, 6.45) is 20.6. The molecule has 0 saturated carbocycles. The number of para-hydroxylation sites is 6. The van der Waals surface area contributed by atoms with Gasteiger partial charge in [-0.1, -0.05) is 340 Å². The predicted octanol–water partition coefficient (Wildman–Crippen LogP) is 33.0. The Bertz CT molecular complexity index is 6410. The minimum absolute atomic E-state index is 0.107. The average Bonchev–Trinajstić information content (AvgIpc) is 1.64. The molecule has 2 unspecified atom stereocenters. The molecule has 22 rings (SSSR count). The van der Waals surface area contributed by atoms with Crippen molar-refractivity contribution in [2.75, 3.05) is 13.1 Å². The number of aromatic amines is 3. The van der Waals surface area contributed by atoms with Crippen molar-refractivity contribution in [3.63, 3.8) is 0 Å². The Morgan fingerprint density at radius 2 is 0.945 bits per heavy atom. The zero-order valence-corrected chi connectivity index (χ0v) is 95.0. The number of rotatable bonds is 1. The average molecular weight is 1960 g/mol. The molecule has 14 heteroatoms. The van der Waals surface area contributed by atoms with Gasteiger partial charge in [0.2, 0.25) is 0 Å². The fraction of sp³-hybridized carbons (Fsp3) is 0.439. The second-order valence-corrected chi connectivity index (χ2v) is 51.0. The van der Waals surface area contributed by atoms with Crippen LogP contribution in [0.2, 0.25) is 0 Å². The monoisotopic (exact) mass is 1960 g/mol. The number of hydrogen-bond acceptors (Lipinski definition) is 9. The Morgan fingerprint density at radius 3 is 1.53 bits per heavy atom. The minimum atomic E-state index is 0.107. The minimum Gasteiger partial charge on any atom is -0.361 e. The lowest BCUT2D eigenvalue weighted by Gasteiger charge is -2.38. The molecular formula is C132H176N14. The van der Waals surface area contributed by atoms with Crippen molar-refractivity contribution in [3.05, 3.63) is 364 Å². The number of aliphatic imine (C=N–C) groups is 2. The summed E-state index contributed by atoms with van der Waals surface area (Å²) in [4.78, 5) is 34.1. The molecule has 0 fully saturated rings. The number of nitrogens with one attached hydrogen (secondary N) is 4. The third-order valence-electron chi connectivity index (χ3n) is 28.7. The molecule has 16 aromatic rings. The highest BCUT2D eigenvalue weighted by Gasteiger charge is 2.33. The first-order valence-corrected chi connectivity index (χ1v) is 53.6. The smallest absolute Gasteiger partial charge is 0.0963 e. The molecule has 0 saturated heterocycles. The van der Waals surface area contributed by atoms with E-state index in [9.17, 15) is 0 Å². The number of nitrogens with zero attached hydrogens (tertiary/aromatic N) is 10. The third kappa shape index (κ3) is 31.3. The summed E-state index contributed by atoms with van der Waals surface area (Å²) in [5.41, 5.74) is 31.3. The quantitative estimate of drug-likeness (QED) is 0.128. The molecule has 774 valence electrons. The summed E-state index contributed by atoms with van der Waals surface area (Å²) in [6.45, 7) is 78.0. The number of pyridine rings is 2. The van der Waals surface area contributed by atoms with Crippen LogP contribution in [0.3, 0.4) is 0 Å². The first kappa shape index (κ1) is 113. The maximum atomic E-state index is 4.64. The summed E-state index contributed by atoms with van der Waals surface area (Å²) < 4.78 is 4.46. The van der Waals surface area contributed by atoms with Gasteiger partial charge in [-0.15, -0.1) is 0 Å². The van der Waals surface area contributed by atoms with E-state index in [4.69, 9.17) is 0 Å². The molecule has 14 nitrogen and oxygen atoms in total. The highest BCUT2D eigenvalue weighted by atomic mass is 15.2. The van der Waals surface area contributed by atoms with E-state index in [1.165, 1.54) is 148 Å². The van der Waals surface area contributed by atoms with Crippen LogP contribution in [0.4, 0.5) is 5.69 Å². The molecule has 0 amide bonds. The third-order valence-corrected chi connectivity index (χ3v) is 28.7. The van der Waals surface area contributed by atoms with E-state index in [0.29, 0.717) is 22.9 Å². The molecule has 6 aliphatic rings. The van der Waals surface area contributed by atoms with Crippen LogP contribution in [0.1, 0.15) is 306 Å². The lowest BCUT2D eigenvalue weighted by Crippen LogP contribution is -2.44. The molecule has 0 bridgehead atoms. The molecule has 4 N–H and O–H groups in total. The zero-order valence-electron chi connectivity index (χ0n) is 95.0.